The molecule has 0 amide bonds. The number of ether oxygens (including phenoxy) is 1. The maximum Gasteiger partial charge on any atom is 0.145 e. The first-order valence-electron chi connectivity index (χ1n) is 6.69. The van der Waals surface area contributed by atoms with E-state index in [1.165, 1.54) is 0 Å². The van der Waals surface area contributed by atoms with Crippen LogP contribution in [-0.4, -0.2) is 18.6 Å². The largest absolute Gasteiger partial charge is 0.494 e. The van der Waals surface area contributed by atoms with Gasteiger partial charge in [-0.15, -0.1) is 0 Å². The minimum atomic E-state index is 0.0131. The van der Waals surface area contributed by atoms with Crippen LogP contribution >= 0.6 is 0 Å². The highest BCUT2D eigenvalue weighted by molar-refractivity contribution is 5.95. The van der Waals surface area contributed by atoms with Gasteiger partial charge in [-0.05, 0) is 19.1 Å². The number of hydrogen-bond acceptors (Lipinski definition) is 3. The molecule has 0 bridgehead atoms. The Hall–Kier alpha value is -1.77. The summed E-state index contributed by atoms with van der Waals surface area (Å²) in [6, 6.07) is 8.18. The van der Waals surface area contributed by atoms with Gasteiger partial charge in [0.25, 0.3) is 0 Å². The van der Waals surface area contributed by atoms with Gasteiger partial charge in [0.05, 0.1) is 7.11 Å². The smallest absolute Gasteiger partial charge is 0.145 e. The Morgan fingerprint density at radius 2 is 2.00 bits per heavy atom. The van der Waals surface area contributed by atoms with E-state index in [-0.39, 0.29) is 5.41 Å². The predicted molar refractivity (Wildman–Crippen MR) is 81.2 cm³/mol. The van der Waals surface area contributed by atoms with E-state index in [1.807, 2.05) is 12.1 Å². The van der Waals surface area contributed by atoms with Crippen molar-refractivity contribution in [2.45, 2.75) is 33.1 Å². The van der Waals surface area contributed by atoms with E-state index in [1.54, 1.807) is 7.11 Å². The lowest BCUT2D eigenvalue weighted by atomic mass is 9.90. The summed E-state index contributed by atoms with van der Waals surface area (Å²) in [6.45, 7) is 9.51. The number of benzene rings is 1. The molecule has 0 unspecified atom stereocenters. The third kappa shape index (κ3) is 2.65. The summed E-state index contributed by atoms with van der Waals surface area (Å²) in [4.78, 5) is 4.80. The summed E-state index contributed by atoms with van der Waals surface area (Å²) in [7, 11) is 1.69. The molecule has 0 aliphatic heterocycles. The number of rotatable bonds is 3. The Bertz CT molecular complexity index is 585. The second-order valence-corrected chi connectivity index (χ2v) is 5.69. The van der Waals surface area contributed by atoms with Crippen molar-refractivity contribution in [2.24, 2.45) is 0 Å². The minimum absolute atomic E-state index is 0.0131. The molecule has 3 nitrogen and oxygen atoms in total. The number of methoxy groups -OCH3 is 1. The fraction of sp³-hybridized carbons (Fsp3) is 0.438. The van der Waals surface area contributed by atoms with E-state index in [0.717, 1.165) is 34.6 Å². The highest BCUT2D eigenvalue weighted by atomic mass is 16.5. The third-order valence-corrected chi connectivity index (χ3v) is 3.16. The van der Waals surface area contributed by atoms with E-state index in [2.05, 4.69) is 45.1 Å². The van der Waals surface area contributed by atoms with Gasteiger partial charge in [0.1, 0.15) is 11.3 Å². The molecule has 0 aliphatic carbocycles. The van der Waals surface area contributed by atoms with Gasteiger partial charge in [-0.3, -0.25) is 0 Å². The SMILES string of the molecule is CCNc1cc(C(C)(C)C)nc2c(OC)cccc12. The molecule has 2 rings (SSSR count). The number of fused-ring (bicyclic) bond motifs is 1. The second-order valence-electron chi connectivity index (χ2n) is 5.69. The molecule has 19 heavy (non-hydrogen) atoms. The molecule has 0 spiro atoms. The summed E-state index contributed by atoms with van der Waals surface area (Å²) < 4.78 is 5.44. The molecular formula is C16H22N2O. The number of para-hydroxylation sites is 1. The topological polar surface area (TPSA) is 34.2 Å². The molecule has 0 fully saturated rings. The zero-order valence-corrected chi connectivity index (χ0v) is 12.4. The van der Waals surface area contributed by atoms with Gasteiger partial charge in [-0.2, -0.15) is 0 Å². The minimum Gasteiger partial charge on any atom is -0.494 e. The van der Waals surface area contributed by atoms with Crippen LogP contribution in [0.3, 0.4) is 0 Å². The van der Waals surface area contributed by atoms with Crippen molar-refractivity contribution in [3.63, 3.8) is 0 Å². The summed E-state index contributed by atoms with van der Waals surface area (Å²) in [5.41, 5.74) is 3.13. The number of aromatic nitrogens is 1. The number of nitrogens with one attached hydrogen (secondary N) is 1. The lowest BCUT2D eigenvalue weighted by molar-refractivity contribution is 0.418. The third-order valence-electron chi connectivity index (χ3n) is 3.16. The average Bonchev–Trinajstić information content (AvgIpc) is 2.37. The summed E-state index contributed by atoms with van der Waals surface area (Å²) in [6.07, 6.45) is 0. The van der Waals surface area contributed by atoms with Crippen LogP contribution in [0.25, 0.3) is 10.9 Å². The molecule has 0 saturated heterocycles. The van der Waals surface area contributed by atoms with Crippen LogP contribution in [0.15, 0.2) is 24.3 Å². The van der Waals surface area contributed by atoms with Crippen LogP contribution in [0.4, 0.5) is 5.69 Å². The Labute approximate surface area is 115 Å². The van der Waals surface area contributed by atoms with Crippen molar-refractivity contribution in [2.75, 3.05) is 19.0 Å². The van der Waals surface area contributed by atoms with E-state index >= 15 is 0 Å². The van der Waals surface area contributed by atoms with Gasteiger partial charge in [-0.25, -0.2) is 4.98 Å². The van der Waals surface area contributed by atoms with Crippen molar-refractivity contribution in [1.29, 1.82) is 0 Å². The van der Waals surface area contributed by atoms with Gasteiger partial charge >= 0.3 is 0 Å². The maximum atomic E-state index is 5.44. The van der Waals surface area contributed by atoms with E-state index in [0.29, 0.717) is 0 Å². The Morgan fingerprint density at radius 1 is 1.26 bits per heavy atom. The summed E-state index contributed by atoms with van der Waals surface area (Å²) in [5, 5.41) is 4.52. The van der Waals surface area contributed by atoms with E-state index in [4.69, 9.17) is 9.72 Å². The van der Waals surface area contributed by atoms with Gasteiger partial charge in [0, 0.05) is 28.7 Å². The van der Waals surface area contributed by atoms with Gasteiger partial charge in [0.15, 0.2) is 0 Å². The molecule has 0 radical (unpaired) electrons. The molecule has 1 aromatic carbocycles. The number of nitrogens with zero attached hydrogens (tertiary/aromatic N) is 1. The molecule has 1 heterocycles. The van der Waals surface area contributed by atoms with Crippen LogP contribution in [0, 0.1) is 0 Å². The first-order valence-corrected chi connectivity index (χ1v) is 6.69. The molecule has 102 valence electrons. The highest BCUT2D eigenvalue weighted by Gasteiger charge is 2.19. The second kappa shape index (κ2) is 5.08. The summed E-state index contributed by atoms with van der Waals surface area (Å²) in [5.74, 6) is 0.822. The molecule has 1 N–H and O–H groups in total. The number of anilines is 1. The van der Waals surface area contributed by atoms with E-state index < -0.39 is 0 Å². The highest BCUT2D eigenvalue weighted by Crippen LogP contribution is 2.33. The van der Waals surface area contributed by atoms with E-state index in [9.17, 15) is 0 Å². The molecule has 0 atom stereocenters. The molecular weight excluding hydrogens is 236 g/mol. The van der Waals surface area contributed by atoms with Crippen LogP contribution in [-0.2, 0) is 5.41 Å². The summed E-state index contributed by atoms with van der Waals surface area (Å²) >= 11 is 0. The lowest BCUT2D eigenvalue weighted by Gasteiger charge is -2.21. The molecule has 2 aromatic rings. The molecule has 0 aliphatic rings. The van der Waals surface area contributed by atoms with Crippen LogP contribution in [0.1, 0.15) is 33.4 Å². The molecule has 1 aromatic heterocycles. The van der Waals surface area contributed by atoms with Crippen molar-refractivity contribution < 1.29 is 4.74 Å². The van der Waals surface area contributed by atoms with Crippen molar-refractivity contribution in [3.8, 4) is 5.75 Å². The predicted octanol–water partition coefficient (Wildman–Crippen LogP) is 3.97. The lowest BCUT2D eigenvalue weighted by Crippen LogP contribution is -2.14. The Kier molecular flexibility index (Phi) is 3.65. The maximum absolute atomic E-state index is 5.44. The zero-order chi connectivity index (χ0) is 14.0. The van der Waals surface area contributed by atoms with Gasteiger partial charge in [-0.1, -0.05) is 32.9 Å². The van der Waals surface area contributed by atoms with Crippen LogP contribution in [0.5, 0.6) is 5.75 Å². The Morgan fingerprint density at radius 3 is 2.58 bits per heavy atom. The molecule has 0 saturated carbocycles. The first-order chi connectivity index (χ1) is 8.97. The first kappa shape index (κ1) is 13.7. The van der Waals surface area contributed by atoms with Gasteiger partial charge in [0.2, 0.25) is 0 Å². The fourth-order valence-corrected chi connectivity index (χ4v) is 2.11. The standard InChI is InChI=1S/C16H22N2O/c1-6-17-12-10-14(16(2,3)4)18-15-11(12)8-7-9-13(15)19-5/h7-10H,6H2,1-5H3,(H,17,18). The average molecular weight is 258 g/mol. The van der Waals surface area contributed by atoms with Crippen molar-refractivity contribution in [3.05, 3.63) is 30.0 Å². The molecule has 3 heteroatoms. The van der Waals surface area contributed by atoms with Crippen molar-refractivity contribution >= 4 is 16.6 Å². The number of hydrogen-bond donors (Lipinski definition) is 1. The Balaban J connectivity index is 2.76. The zero-order valence-electron chi connectivity index (χ0n) is 12.4. The van der Waals surface area contributed by atoms with Gasteiger partial charge < -0.3 is 10.1 Å². The van der Waals surface area contributed by atoms with Crippen molar-refractivity contribution in [1.82, 2.24) is 4.98 Å². The normalized spacial score (nSPS) is 11.6. The monoisotopic (exact) mass is 258 g/mol. The number of pyridine rings is 1. The van der Waals surface area contributed by atoms with Crippen LogP contribution < -0.4 is 10.1 Å². The fourth-order valence-electron chi connectivity index (χ4n) is 2.11. The quantitative estimate of drug-likeness (QED) is 0.904. The van der Waals surface area contributed by atoms with Crippen LogP contribution in [0.2, 0.25) is 0 Å².